The first-order chi connectivity index (χ1) is 8.10. The smallest absolute Gasteiger partial charge is 0.166 e. The zero-order chi connectivity index (χ0) is 12.8. The van der Waals surface area contributed by atoms with Gasteiger partial charge in [-0.05, 0) is 25.5 Å². The summed E-state index contributed by atoms with van der Waals surface area (Å²) >= 11 is 17.4. The second-order valence-corrected chi connectivity index (χ2v) is 4.63. The van der Waals surface area contributed by atoms with Gasteiger partial charge in [-0.3, -0.25) is 4.79 Å². The van der Waals surface area contributed by atoms with Crippen LogP contribution < -0.4 is 4.74 Å². The molecule has 0 atom stereocenters. The molecule has 1 aromatic carbocycles. The predicted molar refractivity (Wildman–Crippen MR) is 71.9 cm³/mol. The van der Waals surface area contributed by atoms with Crippen molar-refractivity contribution in [3.63, 3.8) is 0 Å². The number of carbonyl (C=O) groups excluding carboxylic acids is 1. The summed E-state index contributed by atoms with van der Waals surface area (Å²) in [5, 5.41) is 0.779. The molecule has 17 heavy (non-hydrogen) atoms. The zero-order valence-electron chi connectivity index (χ0n) is 9.43. The number of ketones is 1. The van der Waals surface area contributed by atoms with E-state index in [4.69, 9.17) is 39.5 Å². The summed E-state index contributed by atoms with van der Waals surface area (Å²) in [4.78, 5) is 11.9. The van der Waals surface area contributed by atoms with Crippen molar-refractivity contribution in [1.82, 2.24) is 0 Å². The highest BCUT2D eigenvalue weighted by Crippen LogP contribution is 2.33. The Balaban J connectivity index is 3.06. The number of hydrogen-bond donors (Lipinski definition) is 0. The number of halogens is 3. The number of hydrogen-bond acceptors (Lipinski definition) is 2. The highest BCUT2D eigenvalue weighted by molar-refractivity contribution is 6.36. The predicted octanol–water partition coefficient (Wildman–Crippen LogP) is 4.59. The van der Waals surface area contributed by atoms with Crippen LogP contribution in [0.15, 0.2) is 12.1 Å². The van der Waals surface area contributed by atoms with Gasteiger partial charge < -0.3 is 4.74 Å². The van der Waals surface area contributed by atoms with Gasteiger partial charge in [0.05, 0.1) is 17.2 Å². The van der Waals surface area contributed by atoms with E-state index in [1.54, 1.807) is 12.1 Å². The van der Waals surface area contributed by atoms with E-state index < -0.39 is 0 Å². The minimum absolute atomic E-state index is 0.0569. The molecule has 0 saturated heterocycles. The van der Waals surface area contributed by atoms with Gasteiger partial charge >= 0.3 is 0 Å². The van der Waals surface area contributed by atoms with E-state index in [0.717, 1.165) is 0 Å². The first-order valence-electron chi connectivity index (χ1n) is 5.31. The molecule has 0 amide bonds. The van der Waals surface area contributed by atoms with Gasteiger partial charge in [-0.2, -0.15) is 0 Å². The lowest BCUT2D eigenvalue weighted by Crippen LogP contribution is -2.05. The Labute approximate surface area is 116 Å². The van der Waals surface area contributed by atoms with Crippen LogP contribution in [0.2, 0.25) is 10.0 Å². The van der Waals surface area contributed by atoms with Gasteiger partial charge in [-0.1, -0.05) is 23.2 Å². The third-order valence-corrected chi connectivity index (χ3v) is 2.90. The number of benzene rings is 1. The Bertz CT molecular complexity index is 405. The third-order valence-electron chi connectivity index (χ3n) is 2.13. The first kappa shape index (κ1) is 14.6. The Morgan fingerprint density at radius 2 is 2.06 bits per heavy atom. The number of alkyl halides is 1. The van der Waals surface area contributed by atoms with Gasteiger partial charge in [0, 0.05) is 17.3 Å². The Kier molecular flexibility index (Phi) is 6.10. The van der Waals surface area contributed by atoms with Crippen LogP contribution in [0.3, 0.4) is 0 Å². The molecule has 5 heteroatoms. The lowest BCUT2D eigenvalue weighted by Gasteiger charge is -2.11. The molecule has 0 aliphatic rings. The molecular weight excluding hydrogens is 282 g/mol. The lowest BCUT2D eigenvalue weighted by atomic mass is 10.1. The molecule has 1 aromatic rings. The van der Waals surface area contributed by atoms with Crippen LogP contribution in [0.1, 0.15) is 30.1 Å². The fourth-order valence-corrected chi connectivity index (χ4v) is 2.10. The van der Waals surface area contributed by atoms with Crippen molar-refractivity contribution in [1.29, 1.82) is 0 Å². The fraction of sp³-hybridized carbons (Fsp3) is 0.417. The number of rotatable bonds is 6. The molecule has 94 valence electrons. The van der Waals surface area contributed by atoms with E-state index in [2.05, 4.69) is 0 Å². The third kappa shape index (κ3) is 4.06. The highest BCUT2D eigenvalue weighted by Gasteiger charge is 2.16. The summed E-state index contributed by atoms with van der Waals surface area (Å²) in [7, 11) is 0. The summed E-state index contributed by atoms with van der Waals surface area (Å²) in [5.41, 5.74) is 0.425. The van der Waals surface area contributed by atoms with Crippen LogP contribution in [-0.4, -0.2) is 18.3 Å². The van der Waals surface area contributed by atoms with Gasteiger partial charge in [-0.25, -0.2) is 0 Å². The SMILES string of the molecule is CCOc1c(Cl)cc(Cl)cc1C(=O)CCCCl. The molecule has 0 N–H and O–H groups in total. The van der Waals surface area contributed by atoms with Gasteiger partial charge in [0.25, 0.3) is 0 Å². The topological polar surface area (TPSA) is 26.3 Å². The molecule has 1 rings (SSSR count). The van der Waals surface area contributed by atoms with Crippen molar-refractivity contribution >= 4 is 40.6 Å². The van der Waals surface area contributed by atoms with Crippen LogP contribution in [0, 0.1) is 0 Å². The molecule has 0 radical (unpaired) electrons. The zero-order valence-corrected chi connectivity index (χ0v) is 11.7. The maximum absolute atomic E-state index is 11.9. The van der Waals surface area contributed by atoms with Crippen molar-refractivity contribution in [2.45, 2.75) is 19.8 Å². The number of carbonyl (C=O) groups is 1. The minimum atomic E-state index is -0.0569. The second-order valence-electron chi connectivity index (χ2n) is 3.41. The van der Waals surface area contributed by atoms with E-state index in [-0.39, 0.29) is 5.78 Å². The molecule has 0 spiro atoms. The van der Waals surface area contributed by atoms with Crippen molar-refractivity contribution in [3.8, 4) is 5.75 Å². The second kappa shape index (κ2) is 7.10. The van der Waals surface area contributed by atoms with Crippen LogP contribution in [0.4, 0.5) is 0 Å². The Hall–Kier alpha value is -0.440. The van der Waals surface area contributed by atoms with Crippen molar-refractivity contribution in [2.24, 2.45) is 0 Å². The molecule has 2 nitrogen and oxygen atoms in total. The molecule has 0 saturated carbocycles. The summed E-state index contributed by atoms with van der Waals surface area (Å²) in [6.07, 6.45) is 0.982. The van der Waals surface area contributed by atoms with Gasteiger partial charge in [0.2, 0.25) is 0 Å². The molecule has 0 bridgehead atoms. The highest BCUT2D eigenvalue weighted by atomic mass is 35.5. The molecule has 0 fully saturated rings. The average Bonchev–Trinajstić information content (AvgIpc) is 2.29. The summed E-state index contributed by atoms with van der Waals surface area (Å²) < 4.78 is 5.38. The van der Waals surface area contributed by atoms with E-state index in [0.29, 0.717) is 46.7 Å². The molecule has 0 aromatic heterocycles. The Morgan fingerprint density at radius 3 is 2.65 bits per heavy atom. The van der Waals surface area contributed by atoms with Gasteiger partial charge in [0.1, 0.15) is 5.75 Å². The summed E-state index contributed by atoms with van der Waals surface area (Å²) in [6.45, 7) is 2.27. The van der Waals surface area contributed by atoms with E-state index in [1.165, 1.54) is 0 Å². The molecule has 0 aliphatic heterocycles. The van der Waals surface area contributed by atoms with Gasteiger partial charge in [-0.15, -0.1) is 11.6 Å². The normalized spacial score (nSPS) is 10.4. The molecule has 0 heterocycles. The van der Waals surface area contributed by atoms with Crippen LogP contribution in [-0.2, 0) is 0 Å². The van der Waals surface area contributed by atoms with Crippen molar-refractivity contribution in [2.75, 3.05) is 12.5 Å². The quantitative estimate of drug-likeness (QED) is 0.566. The first-order valence-corrected chi connectivity index (χ1v) is 6.60. The minimum Gasteiger partial charge on any atom is -0.492 e. The molecule has 0 unspecified atom stereocenters. The molecular formula is C12H13Cl3O2. The maximum atomic E-state index is 11.9. The Morgan fingerprint density at radius 1 is 1.35 bits per heavy atom. The monoisotopic (exact) mass is 294 g/mol. The van der Waals surface area contributed by atoms with Crippen LogP contribution >= 0.6 is 34.8 Å². The standard InChI is InChI=1S/C12H13Cl3O2/c1-2-17-12-9(11(16)4-3-5-13)6-8(14)7-10(12)15/h6-7H,2-5H2,1H3. The lowest BCUT2D eigenvalue weighted by molar-refractivity contribution is 0.0978. The van der Waals surface area contributed by atoms with E-state index in [1.807, 2.05) is 6.92 Å². The van der Waals surface area contributed by atoms with Crippen molar-refractivity contribution < 1.29 is 9.53 Å². The van der Waals surface area contributed by atoms with Crippen LogP contribution in [0.5, 0.6) is 5.75 Å². The number of ether oxygens (including phenoxy) is 1. The maximum Gasteiger partial charge on any atom is 0.166 e. The number of Topliss-reactive ketones (excluding diaryl/α,β-unsaturated/α-hetero) is 1. The fourth-order valence-electron chi connectivity index (χ4n) is 1.42. The van der Waals surface area contributed by atoms with E-state index in [9.17, 15) is 4.79 Å². The summed E-state index contributed by atoms with van der Waals surface area (Å²) in [6, 6.07) is 3.14. The van der Waals surface area contributed by atoms with E-state index >= 15 is 0 Å². The van der Waals surface area contributed by atoms with Gasteiger partial charge in [0.15, 0.2) is 5.78 Å². The summed E-state index contributed by atoms with van der Waals surface area (Å²) in [5.74, 6) is 0.793. The molecule has 0 aliphatic carbocycles. The van der Waals surface area contributed by atoms with Crippen LogP contribution in [0.25, 0.3) is 0 Å². The largest absolute Gasteiger partial charge is 0.492 e. The average molecular weight is 296 g/mol. The van der Waals surface area contributed by atoms with Crippen molar-refractivity contribution in [3.05, 3.63) is 27.7 Å².